The molecule has 4 aromatic carbocycles. The zero-order valence-corrected chi connectivity index (χ0v) is 25.3. The fourth-order valence-electron chi connectivity index (χ4n) is 4.58. The van der Waals surface area contributed by atoms with Crippen molar-refractivity contribution in [3.05, 3.63) is 121 Å². The van der Waals surface area contributed by atoms with Crippen LogP contribution >= 0.6 is 31.9 Å². The van der Waals surface area contributed by atoms with Crippen LogP contribution in [0.2, 0.25) is 0 Å². The van der Waals surface area contributed by atoms with Gasteiger partial charge in [0.1, 0.15) is 12.2 Å². The summed E-state index contributed by atoms with van der Waals surface area (Å²) in [4.78, 5) is 18.5. The molecule has 7 nitrogen and oxygen atoms in total. The number of nitrogens with zero attached hydrogens (tertiary/aromatic N) is 3. The van der Waals surface area contributed by atoms with Gasteiger partial charge in [0.25, 0.3) is 5.56 Å². The Balaban J connectivity index is 1.48. The number of furan rings is 1. The van der Waals surface area contributed by atoms with Crippen molar-refractivity contribution in [2.24, 2.45) is 5.10 Å². The van der Waals surface area contributed by atoms with Crippen LogP contribution < -0.4 is 15.0 Å². The monoisotopic (exact) mass is 671 g/mol. The molecule has 0 fully saturated rings. The second-order valence-corrected chi connectivity index (χ2v) is 11.2. The Morgan fingerprint density at radius 1 is 0.976 bits per heavy atom. The maximum absolute atomic E-state index is 13.7. The molecule has 0 atom stereocenters. The van der Waals surface area contributed by atoms with Crippen molar-refractivity contribution in [2.75, 3.05) is 7.11 Å². The van der Waals surface area contributed by atoms with Crippen molar-refractivity contribution in [1.82, 2.24) is 9.66 Å². The van der Waals surface area contributed by atoms with Gasteiger partial charge in [0.05, 0.1) is 24.2 Å². The van der Waals surface area contributed by atoms with E-state index in [1.807, 2.05) is 67.6 Å². The fourth-order valence-corrected chi connectivity index (χ4v) is 5.42. The predicted octanol–water partition coefficient (Wildman–Crippen LogP) is 8.11. The Hall–Kier alpha value is -4.21. The number of hydrogen-bond donors (Lipinski definition) is 0. The van der Waals surface area contributed by atoms with E-state index in [4.69, 9.17) is 18.9 Å². The second kappa shape index (κ2) is 11.3. The number of fused-ring (bicyclic) bond motifs is 2. The lowest BCUT2D eigenvalue weighted by Crippen LogP contribution is -2.20. The van der Waals surface area contributed by atoms with Crippen molar-refractivity contribution in [3.8, 4) is 23.1 Å². The van der Waals surface area contributed by atoms with Crippen LogP contribution in [0.1, 0.15) is 16.7 Å². The summed E-state index contributed by atoms with van der Waals surface area (Å²) in [6.07, 6.45) is 1.57. The molecule has 2 heterocycles. The van der Waals surface area contributed by atoms with E-state index in [-0.39, 0.29) is 11.4 Å². The van der Waals surface area contributed by atoms with Crippen LogP contribution in [0.4, 0.5) is 0 Å². The number of para-hydroxylation sites is 1. The molecule has 9 heteroatoms. The van der Waals surface area contributed by atoms with Crippen molar-refractivity contribution in [1.29, 1.82) is 0 Å². The minimum Gasteiger partial charge on any atom is -0.493 e. The standard InChI is InChI=1S/C32H23Br2N3O4/c1-19-6-5-7-20(12-19)18-40-30-22(14-24(34)16-28(30)39-2)17-35-37-31(36-26-9-4-3-8-25(26)32(37)38)29-15-21-13-23(33)10-11-27(21)41-29/h3-17H,18H2,1-2H3. The predicted molar refractivity (Wildman–Crippen MR) is 168 cm³/mol. The Morgan fingerprint density at radius 3 is 2.66 bits per heavy atom. The Bertz CT molecular complexity index is 2010. The molecule has 0 aliphatic heterocycles. The highest BCUT2D eigenvalue weighted by Gasteiger charge is 2.18. The summed E-state index contributed by atoms with van der Waals surface area (Å²) < 4.78 is 20.9. The molecule has 0 aliphatic carbocycles. The maximum atomic E-state index is 13.7. The topological polar surface area (TPSA) is 78.9 Å². The summed E-state index contributed by atoms with van der Waals surface area (Å²) in [5.74, 6) is 1.72. The first-order chi connectivity index (χ1) is 19.9. The molecule has 2 aromatic heterocycles. The van der Waals surface area contributed by atoms with Crippen LogP contribution in [0.5, 0.6) is 11.5 Å². The van der Waals surface area contributed by atoms with Crippen molar-refractivity contribution in [3.63, 3.8) is 0 Å². The summed E-state index contributed by atoms with van der Waals surface area (Å²) in [5.41, 5.74) is 3.67. The maximum Gasteiger partial charge on any atom is 0.282 e. The molecule has 6 rings (SSSR count). The van der Waals surface area contributed by atoms with Gasteiger partial charge in [-0.3, -0.25) is 4.79 Å². The summed E-state index contributed by atoms with van der Waals surface area (Å²) in [7, 11) is 1.58. The lowest BCUT2D eigenvalue weighted by atomic mass is 10.1. The zero-order valence-electron chi connectivity index (χ0n) is 22.1. The number of halogens is 2. The minimum atomic E-state index is -0.326. The van der Waals surface area contributed by atoms with Gasteiger partial charge in [-0.1, -0.05) is 73.8 Å². The molecular weight excluding hydrogens is 650 g/mol. The van der Waals surface area contributed by atoms with Gasteiger partial charge in [-0.25, -0.2) is 4.98 Å². The normalized spacial score (nSPS) is 11.5. The van der Waals surface area contributed by atoms with Gasteiger partial charge < -0.3 is 13.9 Å². The van der Waals surface area contributed by atoms with Crippen LogP contribution in [-0.4, -0.2) is 23.0 Å². The van der Waals surface area contributed by atoms with Gasteiger partial charge >= 0.3 is 0 Å². The highest BCUT2D eigenvalue weighted by atomic mass is 79.9. The molecule has 0 bridgehead atoms. The third-order valence-electron chi connectivity index (χ3n) is 6.50. The number of aromatic nitrogens is 2. The van der Waals surface area contributed by atoms with E-state index in [2.05, 4.69) is 43.0 Å². The van der Waals surface area contributed by atoms with Crippen LogP contribution in [0.3, 0.4) is 0 Å². The molecule has 0 spiro atoms. The number of ether oxygens (including phenoxy) is 2. The smallest absolute Gasteiger partial charge is 0.282 e. The summed E-state index contributed by atoms with van der Waals surface area (Å²) in [5, 5.41) is 5.94. The molecule has 41 heavy (non-hydrogen) atoms. The van der Waals surface area contributed by atoms with Crippen LogP contribution in [0.15, 0.2) is 108 Å². The van der Waals surface area contributed by atoms with Crippen LogP contribution in [-0.2, 0) is 6.61 Å². The average Bonchev–Trinajstić information content (AvgIpc) is 3.39. The van der Waals surface area contributed by atoms with E-state index in [0.29, 0.717) is 45.9 Å². The summed E-state index contributed by atoms with van der Waals surface area (Å²) in [6.45, 7) is 2.37. The molecule has 0 amide bonds. The van der Waals surface area contributed by atoms with Crippen molar-refractivity contribution < 1.29 is 13.9 Å². The van der Waals surface area contributed by atoms with Crippen LogP contribution in [0, 0.1) is 6.92 Å². The summed E-state index contributed by atoms with van der Waals surface area (Å²) >= 11 is 7.05. The zero-order chi connectivity index (χ0) is 28.5. The highest BCUT2D eigenvalue weighted by Crippen LogP contribution is 2.35. The van der Waals surface area contributed by atoms with Crippen molar-refractivity contribution >= 4 is 59.9 Å². The average molecular weight is 673 g/mol. The van der Waals surface area contributed by atoms with E-state index >= 15 is 0 Å². The first-order valence-corrected chi connectivity index (χ1v) is 14.3. The third-order valence-corrected chi connectivity index (χ3v) is 7.45. The molecule has 0 N–H and O–H groups in total. The highest BCUT2D eigenvalue weighted by molar-refractivity contribution is 9.10. The number of aryl methyl sites for hydroxylation is 1. The molecule has 0 aliphatic rings. The second-order valence-electron chi connectivity index (χ2n) is 9.41. The Morgan fingerprint density at radius 2 is 1.83 bits per heavy atom. The fraction of sp³-hybridized carbons (Fsp3) is 0.0938. The molecule has 0 saturated carbocycles. The number of rotatable bonds is 7. The largest absolute Gasteiger partial charge is 0.493 e. The van der Waals surface area contributed by atoms with E-state index in [9.17, 15) is 4.79 Å². The van der Waals surface area contributed by atoms with Gasteiger partial charge in [-0.05, 0) is 61.0 Å². The van der Waals surface area contributed by atoms with E-state index in [1.165, 1.54) is 4.68 Å². The quantitative estimate of drug-likeness (QED) is 0.160. The van der Waals surface area contributed by atoms with E-state index in [0.717, 1.165) is 25.5 Å². The SMILES string of the molecule is COc1cc(Br)cc(C=Nn2c(-c3cc4cc(Br)ccc4o3)nc3ccccc3c2=O)c1OCc1cccc(C)c1. The molecule has 0 saturated heterocycles. The van der Waals surface area contributed by atoms with Crippen LogP contribution in [0.25, 0.3) is 33.5 Å². The van der Waals surface area contributed by atoms with E-state index < -0.39 is 0 Å². The first-order valence-electron chi connectivity index (χ1n) is 12.7. The van der Waals surface area contributed by atoms with Gasteiger partial charge in [0, 0.05) is 19.9 Å². The first kappa shape index (κ1) is 27.0. The molecule has 0 radical (unpaired) electrons. The van der Waals surface area contributed by atoms with Crippen molar-refractivity contribution in [2.45, 2.75) is 13.5 Å². The molecule has 204 valence electrons. The number of hydrogen-bond acceptors (Lipinski definition) is 6. The number of benzene rings is 4. The van der Waals surface area contributed by atoms with Gasteiger partial charge in [-0.15, -0.1) is 0 Å². The number of methoxy groups -OCH3 is 1. The van der Waals surface area contributed by atoms with Gasteiger partial charge in [0.2, 0.25) is 5.82 Å². The Kier molecular flexibility index (Phi) is 7.47. The summed E-state index contributed by atoms with van der Waals surface area (Å²) in [6, 6.07) is 26.5. The minimum absolute atomic E-state index is 0.279. The molecular formula is C32H23Br2N3O4. The van der Waals surface area contributed by atoms with Gasteiger partial charge in [-0.2, -0.15) is 9.78 Å². The lowest BCUT2D eigenvalue weighted by molar-refractivity contribution is 0.284. The molecule has 6 aromatic rings. The lowest BCUT2D eigenvalue weighted by Gasteiger charge is -2.14. The third kappa shape index (κ3) is 5.55. The Labute approximate surface area is 252 Å². The van der Waals surface area contributed by atoms with E-state index in [1.54, 1.807) is 31.5 Å². The van der Waals surface area contributed by atoms with Gasteiger partial charge in [0.15, 0.2) is 17.3 Å². The molecule has 0 unspecified atom stereocenters.